The Labute approximate surface area is 105 Å². The van der Waals surface area contributed by atoms with Crippen LogP contribution in [0.3, 0.4) is 0 Å². The van der Waals surface area contributed by atoms with Crippen LogP contribution in [0, 0.1) is 12.8 Å². The number of unbranched alkanes of at least 4 members (excludes halogenated alkanes) is 1. The molecule has 4 nitrogen and oxygen atoms in total. The highest BCUT2D eigenvalue weighted by atomic mass is 15.3. The molecule has 3 N–H and O–H groups in total. The van der Waals surface area contributed by atoms with Crippen LogP contribution in [-0.2, 0) is 7.05 Å². The maximum atomic E-state index is 5.99. The molecule has 0 fully saturated rings. The Kier molecular flexibility index (Phi) is 5.32. The van der Waals surface area contributed by atoms with Crippen molar-refractivity contribution >= 4 is 11.5 Å². The Bertz CT molecular complexity index is 343. The lowest BCUT2D eigenvalue weighted by molar-refractivity contribution is 0.471. The van der Waals surface area contributed by atoms with Crippen molar-refractivity contribution in [2.75, 3.05) is 17.6 Å². The zero-order chi connectivity index (χ0) is 12.8. The molecule has 0 saturated heterocycles. The van der Waals surface area contributed by atoms with Gasteiger partial charge in [0.15, 0.2) is 0 Å². The van der Waals surface area contributed by atoms with Crippen LogP contribution < -0.4 is 11.1 Å². The summed E-state index contributed by atoms with van der Waals surface area (Å²) in [5, 5.41) is 7.74. The second-order valence-electron chi connectivity index (χ2n) is 4.77. The second kappa shape index (κ2) is 6.52. The number of anilines is 2. The first-order chi connectivity index (χ1) is 8.10. The van der Waals surface area contributed by atoms with Gasteiger partial charge in [-0.15, -0.1) is 0 Å². The fraction of sp³-hybridized carbons (Fsp3) is 0.769. The molecule has 1 aromatic rings. The molecule has 0 aliphatic carbocycles. The Morgan fingerprint density at radius 1 is 1.41 bits per heavy atom. The van der Waals surface area contributed by atoms with Crippen molar-refractivity contribution in [3.8, 4) is 0 Å². The van der Waals surface area contributed by atoms with E-state index in [-0.39, 0.29) is 0 Å². The van der Waals surface area contributed by atoms with E-state index in [0.29, 0.717) is 0 Å². The summed E-state index contributed by atoms with van der Waals surface area (Å²) in [6, 6.07) is 0. The van der Waals surface area contributed by atoms with Gasteiger partial charge < -0.3 is 11.1 Å². The topological polar surface area (TPSA) is 55.9 Å². The molecule has 17 heavy (non-hydrogen) atoms. The normalized spacial score (nSPS) is 12.7. The maximum Gasteiger partial charge on any atom is 0.147 e. The van der Waals surface area contributed by atoms with Crippen LogP contribution in [0.5, 0.6) is 0 Å². The Morgan fingerprint density at radius 2 is 2.12 bits per heavy atom. The summed E-state index contributed by atoms with van der Waals surface area (Å²) in [6.45, 7) is 7.41. The molecule has 1 heterocycles. The molecule has 0 radical (unpaired) electrons. The number of hydrogen-bond donors (Lipinski definition) is 2. The standard InChI is InChI=1S/C13H26N4/c1-5-7-8-11(6-2)9-15-13-12(14)10(3)16-17(13)4/h11,15H,5-9,14H2,1-4H3. The van der Waals surface area contributed by atoms with Crippen molar-refractivity contribution in [1.82, 2.24) is 9.78 Å². The number of nitrogens with one attached hydrogen (secondary N) is 1. The zero-order valence-corrected chi connectivity index (χ0v) is 11.6. The van der Waals surface area contributed by atoms with Crippen molar-refractivity contribution in [1.29, 1.82) is 0 Å². The minimum Gasteiger partial charge on any atom is -0.394 e. The number of nitrogens with zero attached hydrogens (tertiary/aromatic N) is 2. The van der Waals surface area contributed by atoms with Crippen LogP contribution in [0.1, 0.15) is 45.2 Å². The van der Waals surface area contributed by atoms with Gasteiger partial charge in [-0.25, -0.2) is 0 Å². The predicted molar refractivity (Wildman–Crippen MR) is 74.2 cm³/mol. The van der Waals surface area contributed by atoms with Crippen LogP contribution in [0.4, 0.5) is 11.5 Å². The lowest BCUT2D eigenvalue weighted by atomic mass is 9.99. The monoisotopic (exact) mass is 238 g/mol. The first-order valence-corrected chi connectivity index (χ1v) is 6.63. The molecule has 0 aromatic carbocycles. The molecule has 0 spiro atoms. The van der Waals surface area contributed by atoms with Crippen LogP contribution >= 0.6 is 0 Å². The highest BCUT2D eigenvalue weighted by Crippen LogP contribution is 2.22. The fourth-order valence-electron chi connectivity index (χ4n) is 2.07. The molecular weight excluding hydrogens is 212 g/mol. The van der Waals surface area contributed by atoms with Gasteiger partial charge in [0.2, 0.25) is 0 Å². The summed E-state index contributed by atoms with van der Waals surface area (Å²) < 4.78 is 1.83. The fourth-order valence-corrected chi connectivity index (χ4v) is 2.07. The van der Waals surface area contributed by atoms with Crippen LogP contribution in [0.15, 0.2) is 0 Å². The Balaban J connectivity index is 2.53. The van der Waals surface area contributed by atoms with Gasteiger partial charge in [0.25, 0.3) is 0 Å². The predicted octanol–water partition coefficient (Wildman–Crippen LogP) is 2.94. The average Bonchev–Trinajstić information content (AvgIpc) is 2.55. The molecule has 1 rings (SSSR count). The van der Waals surface area contributed by atoms with Crippen LogP contribution in [-0.4, -0.2) is 16.3 Å². The van der Waals surface area contributed by atoms with Gasteiger partial charge in [0.05, 0.1) is 11.4 Å². The van der Waals surface area contributed by atoms with E-state index in [1.165, 1.54) is 25.7 Å². The minimum atomic E-state index is 0.726. The number of hydrogen-bond acceptors (Lipinski definition) is 3. The van der Waals surface area contributed by atoms with E-state index in [1.54, 1.807) is 0 Å². The van der Waals surface area contributed by atoms with Crippen molar-refractivity contribution in [2.24, 2.45) is 13.0 Å². The first kappa shape index (κ1) is 13.9. The molecule has 1 unspecified atom stereocenters. The van der Waals surface area contributed by atoms with Crippen molar-refractivity contribution in [3.05, 3.63) is 5.69 Å². The van der Waals surface area contributed by atoms with E-state index in [1.807, 2.05) is 18.7 Å². The quantitative estimate of drug-likeness (QED) is 0.768. The van der Waals surface area contributed by atoms with Gasteiger partial charge in [-0.2, -0.15) is 5.10 Å². The van der Waals surface area contributed by atoms with Crippen LogP contribution in [0.2, 0.25) is 0 Å². The highest BCUT2D eigenvalue weighted by molar-refractivity contribution is 5.64. The van der Waals surface area contributed by atoms with Gasteiger partial charge in [-0.05, 0) is 19.3 Å². The molecule has 0 amide bonds. The molecule has 1 atom stereocenters. The highest BCUT2D eigenvalue weighted by Gasteiger charge is 2.11. The molecule has 0 aliphatic heterocycles. The Hall–Kier alpha value is -1.19. The third kappa shape index (κ3) is 3.65. The SMILES string of the molecule is CCCCC(CC)CNc1c(N)c(C)nn1C. The molecular formula is C13H26N4. The van der Waals surface area contributed by atoms with E-state index in [0.717, 1.165) is 29.7 Å². The van der Waals surface area contributed by atoms with E-state index in [2.05, 4.69) is 24.3 Å². The number of aryl methyl sites for hydroxylation is 2. The lowest BCUT2D eigenvalue weighted by Gasteiger charge is -2.16. The largest absolute Gasteiger partial charge is 0.394 e. The summed E-state index contributed by atoms with van der Waals surface area (Å²) in [5.41, 5.74) is 7.66. The summed E-state index contributed by atoms with van der Waals surface area (Å²) in [5.74, 6) is 1.68. The van der Waals surface area contributed by atoms with E-state index >= 15 is 0 Å². The van der Waals surface area contributed by atoms with Gasteiger partial charge in [-0.3, -0.25) is 4.68 Å². The summed E-state index contributed by atoms with van der Waals surface area (Å²) in [7, 11) is 1.93. The average molecular weight is 238 g/mol. The maximum absolute atomic E-state index is 5.99. The summed E-state index contributed by atoms with van der Waals surface area (Å²) in [4.78, 5) is 0. The molecule has 0 saturated carbocycles. The lowest BCUT2D eigenvalue weighted by Crippen LogP contribution is -2.16. The Morgan fingerprint density at radius 3 is 2.59 bits per heavy atom. The van der Waals surface area contributed by atoms with Crippen molar-refractivity contribution in [2.45, 2.75) is 46.5 Å². The van der Waals surface area contributed by atoms with Gasteiger partial charge in [0.1, 0.15) is 5.82 Å². The number of nitrogens with two attached hydrogens (primary N) is 1. The third-order valence-electron chi connectivity index (χ3n) is 3.37. The van der Waals surface area contributed by atoms with Gasteiger partial charge >= 0.3 is 0 Å². The minimum absolute atomic E-state index is 0.726. The number of aromatic nitrogens is 2. The number of rotatable bonds is 7. The van der Waals surface area contributed by atoms with Gasteiger partial charge in [0, 0.05) is 13.6 Å². The molecule has 1 aromatic heterocycles. The summed E-state index contributed by atoms with van der Waals surface area (Å²) >= 11 is 0. The van der Waals surface area contributed by atoms with E-state index < -0.39 is 0 Å². The second-order valence-corrected chi connectivity index (χ2v) is 4.77. The van der Waals surface area contributed by atoms with E-state index in [4.69, 9.17) is 5.73 Å². The van der Waals surface area contributed by atoms with Gasteiger partial charge in [-0.1, -0.05) is 33.1 Å². The molecule has 98 valence electrons. The van der Waals surface area contributed by atoms with Crippen LogP contribution in [0.25, 0.3) is 0 Å². The van der Waals surface area contributed by atoms with E-state index in [9.17, 15) is 0 Å². The zero-order valence-electron chi connectivity index (χ0n) is 11.6. The number of nitrogen functional groups attached to an aromatic ring is 1. The molecule has 0 aliphatic rings. The molecule has 0 bridgehead atoms. The van der Waals surface area contributed by atoms with Crippen molar-refractivity contribution in [3.63, 3.8) is 0 Å². The first-order valence-electron chi connectivity index (χ1n) is 6.63. The summed E-state index contributed by atoms with van der Waals surface area (Å²) in [6.07, 6.45) is 5.07. The smallest absolute Gasteiger partial charge is 0.147 e. The van der Waals surface area contributed by atoms with Crippen molar-refractivity contribution < 1.29 is 0 Å². The third-order valence-corrected chi connectivity index (χ3v) is 3.37. The molecule has 4 heteroatoms.